The Morgan fingerprint density at radius 3 is 3.00 bits per heavy atom. The molecule has 1 heterocycles. The maximum Gasteiger partial charge on any atom is 0.139 e. The molecule has 2 rings (SSSR count). The van der Waals surface area contributed by atoms with E-state index in [4.69, 9.17) is 0 Å². The molecule has 1 aromatic carbocycles. The Morgan fingerprint density at radius 1 is 1.41 bits per heavy atom. The number of halogens is 2. The molecule has 2 nitrogen and oxygen atoms in total. The van der Waals surface area contributed by atoms with E-state index >= 15 is 0 Å². The van der Waals surface area contributed by atoms with Crippen LogP contribution in [0, 0.1) is 5.82 Å². The molecule has 0 amide bonds. The van der Waals surface area contributed by atoms with Crippen LogP contribution in [0.25, 0.3) is 10.9 Å². The van der Waals surface area contributed by atoms with E-state index in [0.717, 1.165) is 23.5 Å². The third-order valence-corrected chi connectivity index (χ3v) is 3.56. The molecule has 0 unspecified atom stereocenters. The Hall–Kier alpha value is -0.810. The van der Waals surface area contributed by atoms with Crippen molar-refractivity contribution in [3.8, 4) is 0 Å². The lowest BCUT2D eigenvalue weighted by Crippen LogP contribution is -2.05. The summed E-state index contributed by atoms with van der Waals surface area (Å²) in [5.74, 6) is 1.52. The summed E-state index contributed by atoms with van der Waals surface area (Å²) in [4.78, 5) is 4.37. The average Bonchev–Trinajstić information content (AvgIpc) is 2.31. The molecule has 0 aliphatic rings. The van der Waals surface area contributed by atoms with Crippen LogP contribution < -0.4 is 5.32 Å². The zero-order chi connectivity index (χ0) is 12.3. The zero-order valence-electron chi connectivity index (χ0n) is 9.34. The first-order chi connectivity index (χ1) is 8.20. The fourth-order valence-electron chi connectivity index (χ4n) is 1.50. The number of nitrogens with one attached hydrogen (secondary N) is 1. The van der Waals surface area contributed by atoms with Gasteiger partial charge in [0.15, 0.2) is 0 Å². The number of rotatable bonds is 4. The number of hydrogen-bond donors (Lipinski definition) is 1. The monoisotopic (exact) mass is 314 g/mol. The Balaban J connectivity index is 2.27. The molecule has 0 bridgehead atoms. The molecule has 0 fully saturated rings. The van der Waals surface area contributed by atoms with Crippen molar-refractivity contribution in [1.29, 1.82) is 0 Å². The van der Waals surface area contributed by atoms with E-state index in [1.807, 2.05) is 12.1 Å². The van der Waals surface area contributed by atoms with E-state index in [-0.39, 0.29) is 5.82 Å². The lowest BCUT2D eigenvalue weighted by molar-refractivity contribution is 0.623. The Kier molecular flexibility index (Phi) is 4.23. The quantitative estimate of drug-likeness (QED) is 0.866. The molecule has 0 spiro atoms. The van der Waals surface area contributed by atoms with Crippen LogP contribution in [0.5, 0.6) is 0 Å². The van der Waals surface area contributed by atoms with Crippen molar-refractivity contribution in [2.45, 2.75) is 0 Å². The Labute approximate surface area is 112 Å². The largest absolute Gasteiger partial charge is 0.369 e. The van der Waals surface area contributed by atoms with Gasteiger partial charge in [-0.1, -0.05) is 0 Å². The number of aromatic nitrogens is 1. The molecule has 5 heteroatoms. The average molecular weight is 315 g/mol. The van der Waals surface area contributed by atoms with Crippen LogP contribution in [-0.4, -0.2) is 23.5 Å². The molecule has 90 valence electrons. The van der Waals surface area contributed by atoms with Crippen molar-refractivity contribution in [3.05, 3.63) is 34.6 Å². The van der Waals surface area contributed by atoms with E-state index in [9.17, 15) is 4.39 Å². The first-order valence-corrected chi connectivity index (χ1v) is 7.38. The van der Waals surface area contributed by atoms with Crippen LogP contribution >= 0.6 is 27.7 Å². The molecule has 0 aliphatic heterocycles. The van der Waals surface area contributed by atoms with E-state index in [1.54, 1.807) is 17.8 Å². The summed E-state index contributed by atoms with van der Waals surface area (Å²) < 4.78 is 13.8. The molecule has 0 radical (unpaired) electrons. The summed E-state index contributed by atoms with van der Waals surface area (Å²) >= 11 is 4.94. The van der Waals surface area contributed by atoms with Crippen molar-refractivity contribution in [3.63, 3.8) is 0 Å². The van der Waals surface area contributed by atoms with Crippen molar-refractivity contribution in [1.82, 2.24) is 4.98 Å². The third-order valence-electron chi connectivity index (χ3n) is 2.34. The van der Waals surface area contributed by atoms with Gasteiger partial charge in [0, 0.05) is 23.8 Å². The van der Waals surface area contributed by atoms with Gasteiger partial charge in [-0.3, -0.25) is 0 Å². The smallest absolute Gasteiger partial charge is 0.139 e. The number of benzene rings is 1. The maximum absolute atomic E-state index is 13.4. The third kappa shape index (κ3) is 3.10. The van der Waals surface area contributed by atoms with Crippen LogP contribution in [0.2, 0.25) is 0 Å². The predicted molar refractivity (Wildman–Crippen MR) is 76.3 cm³/mol. The van der Waals surface area contributed by atoms with Crippen LogP contribution in [0.4, 0.5) is 10.2 Å². The van der Waals surface area contributed by atoms with Crippen LogP contribution in [0.15, 0.2) is 28.7 Å². The molecule has 0 saturated carbocycles. The van der Waals surface area contributed by atoms with Gasteiger partial charge >= 0.3 is 0 Å². The van der Waals surface area contributed by atoms with Gasteiger partial charge in [0.05, 0.1) is 9.99 Å². The second-order valence-corrected chi connectivity index (χ2v) is 5.42. The van der Waals surface area contributed by atoms with Crippen molar-refractivity contribution in [2.75, 3.05) is 23.9 Å². The van der Waals surface area contributed by atoms with Crippen LogP contribution in [0.1, 0.15) is 0 Å². The van der Waals surface area contributed by atoms with E-state index < -0.39 is 0 Å². The SMILES string of the molecule is CSCCNc1ccc2cc(Br)c(F)cc2n1. The molecule has 0 aliphatic carbocycles. The number of fused-ring (bicyclic) bond motifs is 1. The second-order valence-electron chi connectivity index (χ2n) is 3.58. The number of thioether (sulfide) groups is 1. The number of anilines is 1. The minimum absolute atomic E-state index is 0.286. The van der Waals surface area contributed by atoms with Crippen LogP contribution in [0.3, 0.4) is 0 Å². The molecule has 1 aromatic heterocycles. The molecule has 1 N–H and O–H groups in total. The fourth-order valence-corrected chi connectivity index (χ4v) is 2.16. The first kappa shape index (κ1) is 12.6. The normalized spacial score (nSPS) is 10.8. The molecular formula is C12H12BrFN2S. The Bertz CT molecular complexity index is 533. The van der Waals surface area contributed by atoms with Gasteiger partial charge in [-0.05, 0) is 40.4 Å². The van der Waals surface area contributed by atoms with Gasteiger partial charge in [-0.15, -0.1) is 0 Å². The summed E-state index contributed by atoms with van der Waals surface area (Å²) in [6.45, 7) is 0.860. The Morgan fingerprint density at radius 2 is 2.24 bits per heavy atom. The van der Waals surface area contributed by atoms with Gasteiger partial charge < -0.3 is 5.32 Å². The highest BCUT2D eigenvalue weighted by atomic mass is 79.9. The molecule has 17 heavy (non-hydrogen) atoms. The number of pyridine rings is 1. The summed E-state index contributed by atoms with van der Waals surface area (Å²) in [5, 5.41) is 4.13. The highest BCUT2D eigenvalue weighted by molar-refractivity contribution is 9.10. The number of hydrogen-bond acceptors (Lipinski definition) is 3. The first-order valence-electron chi connectivity index (χ1n) is 5.19. The lowest BCUT2D eigenvalue weighted by Gasteiger charge is -2.06. The van der Waals surface area contributed by atoms with E-state index in [0.29, 0.717) is 9.99 Å². The molecule has 0 atom stereocenters. The standard InChI is InChI=1S/C12H12BrFN2S/c1-17-5-4-15-12-3-2-8-6-9(13)10(14)7-11(8)16-12/h2-3,6-7H,4-5H2,1H3,(H,15,16). The predicted octanol–water partition coefficient (Wildman–Crippen LogP) is 3.91. The number of nitrogens with zero attached hydrogens (tertiary/aromatic N) is 1. The van der Waals surface area contributed by atoms with Gasteiger partial charge in [0.1, 0.15) is 11.6 Å². The van der Waals surface area contributed by atoms with Crippen LogP contribution in [-0.2, 0) is 0 Å². The summed E-state index contributed by atoms with van der Waals surface area (Å²) in [5.41, 5.74) is 0.667. The summed E-state index contributed by atoms with van der Waals surface area (Å²) in [6.07, 6.45) is 2.06. The highest BCUT2D eigenvalue weighted by Gasteiger charge is 2.03. The summed E-state index contributed by atoms with van der Waals surface area (Å²) in [6, 6.07) is 7.03. The topological polar surface area (TPSA) is 24.9 Å². The fraction of sp³-hybridized carbons (Fsp3) is 0.250. The van der Waals surface area contributed by atoms with Crippen molar-refractivity contribution in [2.24, 2.45) is 0 Å². The minimum atomic E-state index is -0.286. The van der Waals surface area contributed by atoms with Gasteiger partial charge in [-0.25, -0.2) is 9.37 Å². The minimum Gasteiger partial charge on any atom is -0.369 e. The van der Waals surface area contributed by atoms with E-state index in [1.165, 1.54) is 6.07 Å². The van der Waals surface area contributed by atoms with Crippen molar-refractivity contribution < 1.29 is 4.39 Å². The molecule has 2 aromatic rings. The zero-order valence-corrected chi connectivity index (χ0v) is 11.7. The van der Waals surface area contributed by atoms with Gasteiger partial charge in [-0.2, -0.15) is 11.8 Å². The summed E-state index contributed by atoms with van der Waals surface area (Å²) in [7, 11) is 0. The lowest BCUT2D eigenvalue weighted by atomic mass is 10.2. The van der Waals surface area contributed by atoms with Gasteiger partial charge in [0.2, 0.25) is 0 Å². The molecular weight excluding hydrogens is 303 g/mol. The van der Waals surface area contributed by atoms with Gasteiger partial charge in [0.25, 0.3) is 0 Å². The maximum atomic E-state index is 13.4. The van der Waals surface area contributed by atoms with E-state index in [2.05, 4.69) is 32.5 Å². The molecule has 0 saturated heterocycles. The highest BCUT2D eigenvalue weighted by Crippen LogP contribution is 2.23. The van der Waals surface area contributed by atoms with Crippen molar-refractivity contribution >= 4 is 44.4 Å². The second kappa shape index (κ2) is 5.69.